The fraction of sp³-hybridized carbons (Fsp3) is 0.167. The van der Waals surface area contributed by atoms with Crippen molar-refractivity contribution in [1.29, 1.82) is 0 Å². The van der Waals surface area contributed by atoms with Crippen LogP contribution >= 0.6 is 0 Å². The summed E-state index contributed by atoms with van der Waals surface area (Å²) >= 11 is 0. The molecule has 2 aromatic heterocycles. The van der Waals surface area contributed by atoms with Crippen molar-refractivity contribution in [2.75, 3.05) is 7.11 Å². The highest BCUT2D eigenvalue weighted by molar-refractivity contribution is 7.90. The van der Waals surface area contributed by atoms with Crippen LogP contribution in [0.25, 0.3) is 0 Å². The number of carbonyl (C=O) groups is 1. The summed E-state index contributed by atoms with van der Waals surface area (Å²) in [4.78, 5) is 19.7. The predicted octanol–water partition coefficient (Wildman–Crippen LogP) is 1.90. The molecule has 0 fully saturated rings. The molecule has 8 nitrogen and oxygen atoms in total. The number of nitrogens with zero attached hydrogens (tertiary/aromatic N) is 3. The third-order valence-electron chi connectivity index (χ3n) is 3.89. The first-order valence-corrected chi connectivity index (χ1v) is 9.58. The Morgan fingerprint density at radius 3 is 2.61 bits per heavy atom. The molecule has 28 heavy (non-hydrogen) atoms. The van der Waals surface area contributed by atoms with E-state index >= 15 is 0 Å². The second-order valence-electron chi connectivity index (χ2n) is 5.93. The van der Waals surface area contributed by atoms with Gasteiger partial charge in [-0.15, -0.1) is 0 Å². The van der Waals surface area contributed by atoms with Crippen molar-refractivity contribution in [3.8, 4) is 6.01 Å². The van der Waals surface area contributed by atoms with Crippen LogP contribution in [0.4, 0.5) is 4.39 Å². The Labute approximate surface area is 161 Å². The van der Waals surface area contributed by atoms with E-state index in [0.717, 1.165) is 16.2 Å². The Hall–Kier alpha value is -3.27. The van der Waals surface area contributed by atoms with Gasteiger partial charge in [-0.3, -0.25) is 4.79 Å². The Morgan fingerprint density at radius 1 is 1.25 bits per heavy atom. The Kier molecular flexibility index (Phi) is 5.41. The molecule has 0 aliphatic heterocycles. The Morgan fingerprint density at radius 2 is 1.96 bits per heavy atom. The number of rotatable bonds is 6. The van der Waals surface area contributed by atoms with Crippen molar-refractivity contribution in [2.24, 2.45) is 0 Å². The summed E-state index contributed by atoms with van der Waals surface area (Å²) in [6.07, 6.45) is 5.33. The molecule has 0 radical (unpaired) electrons. The maximum atomic E-state index is 14.1. The Balaban J connectivity index is 1.74. The van der Waals surface area contributed by atoms with Crippen LogP contribution < -0.4 is 10.1 Å². The average Bonchev–Trinajstić information content (AvgIpc) is 3.17. The molecule has 0 saturated heterocycles. The van der Waals surface area contributed by atoms with E-state index < -0.39 is 26.6 Å². The summed E-state index contributed by atoms with van der Waals surface area (Å²) in [5.41, 5.74) is 1.36. The topological polar surface area (TPSA) is 103 Å². The summed E-state index contributed by atoms with van der Waals surface area (Å²) in [6, 6.07) is 5.39. The van der Waals surface area contributed by atoms with Gasteiger partial charge in [-0.2, -0.15) is 0 Å². The molecule has 0 spiro atoms. The molecule has 0 aliphatic rings. The van der Waals surface area contributed by atoms with Gasteiger partial charge in [0.25, 0.3) is 15.9 Å². The molecule has 10 heteroatoms. The van der Waals surface area contributed by atoms with E-state index in [9.17, 15) is 17.6 Å². The van der Waals surface area contributed by atoms with Crippen LogP contribution in [0.3, 0.4) is 0 Å². The minimum Gasteiger partial charge on any atom is -0.467 e. The van der Waals surface area contributed by atoms with Gasteiger partial charge >= 0.3 is 6.01 Å². The first-order chi connectivity index (χ1) is 13.3. The first-order valence-electron chi connectivity index (χ1n) is 8.14. The molecule has 146 valence electrons. The monoisotopic (exact) mass is 404 g/mol. The number of aryl methyl sites for hydroxylation is 1. The van der Waals surface area contributed by atoms with Crippen molar-refractivity contribution in [3.63, 3.8) is 0 Å². The van der Waals surface area contributed by atoms with Gasteiger partial charge in [-0.25, -0.2) is 26.7 Å². The zero-order chi connectivity index (χ0) is 20.3. The smallest absolute Gasteiger partial charge is 0.316 e. The SMILES string of the molecule is COc1ncc(CNC(=O)c2ccn(S(=O)(=O)c3ccc(C)cc3F)c2)cn1. The highest BCUT2D eigenvalue weighted by atomic mass is 32.2. The second-order valence-corrected chi connectivity index (χ2v) is 7.74. The van der Waals surface area contributed by atoms with Crippen LogP contribution in [0.2, 0.25) is 0 Å². The maximum Gasteiger partial charge on any atom is 0.316 e. The van der Waals surface area contributed by atoms with Crippen LogP contribution in [0.1, 0.15) is 21.5 Å². The predicted molar refractivity (Wildman–Crippen MR) is 97.9 cm³/mol. The van der Waals surface area contributed by atoms with Gasteiger partial charge in [0.05, 0.1) is 12.7 Å². The van der Waals surface area contributed by atoms with Crippen molar-refractivity contribution in [1.82, 2.24) is 19.3 Å². The van der Waals surface area contributed by atoms with Crippen molar-refractivity contribution >= 4 is 15.9 Å². The molecule has 0 unspecified atom stereocenters. The summed E-state index contributed by atoms with van der Waals surface area (Å²) in [7, 11) is -2.70. The fourth-order valence-electron chi connectivity index (χ4n) is 2.41. The third-order valence-corrected chi connectivity index (χ3v) is 5.56. The maximum absolute atomic E-state index is 14.1. The lowest BCUT2D eigenvalue weighted by atomic mass is 10.2. The molecule has 0 aliphatic carbocycles. The molecular weight excluding hydrogens is 387 g/mol. The lowest BCUT2D eigenvalue weighted by Crippen LogP contribution is -2.22. The van der Waals surface area contributed by atoms with Crippen LogP contribution in [0, 0.1) is 12.7 Å². The summed E-state index contributed by atoms with van der Waals surface area (Å²) in [5.74, 6) is -1.34. The molecular formula is C18H17FN4O4S. The molecule has 2 heterocycles. The number of nitrogens with one attached hydrogen (secondary N) is 1. The minimum absolute atomic E-state index is 0.116. The standard InChI is InChI=1S/C18H17FN4O4S/c1-12-3-4-16(15(19)7-12)28(25,26)23-6-5-14(11-23)17(24)20-8-13-9-21-18(27-2)22-10-13/h3-7,9-11H,8H2,1-2H3,(H,20,24). The highest BCUT2D eigenvalue weighted by Crippen LogP contribution is 2.20. The number of ether oxygens (including phenoxy) is 1. The van der Waals surface area contributed by atoms with Crippen molar-refractivity contribution < 1.29 is 22.3 Å². The van der Waals surface area contributed by atoms with Crippen LogP contribution in [-0.2, 0) is 16.6 Å². The fourth-order valence-corrected chi connectivity index (χ4v) is 3.66. The average molecular weight is 404 g/mol. The van der Waals surface area contributed by atoms with Crippen LogP contribution in [0.15, 0.2) is 53.9 Å². The molecule has 3 rings (SSSR count). The van der Waals surface area contributed by atoms with E-state index in [2.05, 4.69) is 15.3 Å². The van der Waals surface area contributed by atoms with Gasteiger partial charge < -0.3 is 10.1 Å². The number of benzene rings is 1. The zero-order valence-corrected chi connectivity index (χ0v) is 15.9. The quantitative estimate of drug-likeness (QED) is 0.673. The van der Waals surface area contributed by atoms with E-state index in [4.69, 9.17) is 4.74 Å². The highest BCUT2D eigenvalue weighted by Gasteiger charge is 2.22. The second kappa shape index (κ2) is 7.77. The summed E-state index contributed by atoms with van der Waals surface area (Å²) in [6.45, 7) is 1.80. The lowest BCUT2D eigenvalue weighted by molar-refractivity contribution is 0.0951. The number of hydrogen-bond acceptors (Lipinski definition) is 6. The molecule has 1 amide bonds. The molecule has 0 bridgehead atoms. The number of carbonyl (C=O) groups excluding carboxylic acids is 1. The number of methoxy groups -OCH3 is 1. The normalized spacial score (nSPS) is 11.2. The summed E-state index contributed by atoms with van der Waals surface area (Å²) < 4.78 is 44.9. The number of halogens is 1. The number of aromatic nitrogens is 3. The van der Waals surface area contributed by atoms with Gasteiger partial charge in [-0.1, -0.05) is 6.07 Å². The van der Waals surface area contributed by atoms with Gasteiger partial charge in [-0.05, 0) is 30.7 Å². The largest absolute Gasteiger partial charge is 0.467 e. The Bertz CT molecular complexity index is 1110. The molecule has 0 atom stereocenters. The van der Waals surface area contributed by atoms with Crippen LogP contribution in [0.5, 0.6) is 6.01 Å². The molecule has 0 saturated carbocycles. The van der Waals surface area contributed by atoms with Gasteiger partial charge in [0.2, 0.25) is 0 Å². The number of amides is 1. The van der Waals surface area contributed by atoms with Gasteiger partial charge in [0, 0.05) is 36.9 Å². The van der Waals surface area contributed by atoms with E-state index in [1.807, 2.05) is 0 Å². The zero-order valence-electron chi connectivity index (χ0n) is 15.1. The van der Waals surface area contributed by atoms with Gasteiger partial charge in [0.1, 0.15) is 10.7 Å². The van der Waals surface area contributed by atoms with E-state index in [-0.39, 0.29) is 18.1 Å². The summed E-state index contributed by atoms with van der Waals surface area (Å²) in [5, 5.41) is 2.63. The molecule has 3 aromatic rings. The molecule has 1 aromatic carbocycles. The van der Waals surface area contributed by atoms with E-state index in [1.165, 1.54) is 43.9 Å². The first kappa shape index (κ1) is 19.5. The van der Waals surface area contributed by atoms with Crippen LogP contribution in [-0.4, -0.2) is 35.4 Å². The minimum atomic E-state index is -4.15. The lowest BCUT2D eigenvalue weighted by Gasteiger charge is -2.07. The van der Waals surface area contributed by atoms with Gasteiger partial charge in [0.15, 0.2) is 0 Å². The number of hydrogen-bond donors (Lipinski definition) is 1. The third kappa shape index (κ3) is 4.01. The molecule has 1 N–H and O–H groups in total. The van der Waals surface area contributed by atoms with Crippen molar-refractivity contribution in [2.45, 2.75) is 18.4 Å². The van der Waals surface area contributed by atoms with E-state index in [1.54, 1.807) is 6.92 Å². The van der Waals surface area contributed by atoms with Crippen molar-refractivity contribution in [3.05, 3.63) is 71.6 Å². The van der Waals surface area contributed by atoms with E-state index in [0.29, 0.717) is 11.1 Å².